The first-order valence-electron chi connectivity index (χ1n) is 6.74. The van der Waals surface area contributed by atoms with E-state index in [1.807, 2.05) is 0 Å². The zero-order valence-corrected chi connectivity index (χ0v) is 12.0. The van der Waals surface area contributed by atoms with Crippen molar-refractivity contribution in [3.05, 3.63) is 0 Å². The molecule has 106 valence electrons. The van der Waals surface area contributed by atoms with Gasteiger partial charge in [-0.3, -0.25) is 0 Å². The summed E-state index contributed by atoms with van der Waals surface area (Å²) in [4.78, 5) is 0. The summed E-state index contributed by atoms with van der Waals surface area (Å²) >= 11 is 0. The van der Waals surface area contributed by atoms with Crippen molar-refractivity contribution in [1.82, 2.24) is 4.72 Å². The summed E-state index contributed by atoms with van der Waals surface area (Å²) in [5, 5.41) is -0.413. The van der Waals surface area contributed by atoms with Crippen LogP contribution in [0.4, 0.5) is 0 Å². The monoisotopic (exact) mass is 277 g/mol. The first-order valence-corrected chi connectivity index (χ1v) is 8.28. The number of sulfonamides is 1. The minimum absolute atomic E-state index is 0.156. The Bertz CT molecular complexity index is 374. The third-order valence-corrected chi connectivity index (χ3v) is 5.47. The average molecular weight is 277 g/mol. The van der Waals surface area contributed by atoms with Gasteiger partial charge in [0.1, 0.15) is 0 Å². The highest BCUT2D eigenvalue weighted by molar-refractivity contribution is 7.90. The molecular weight excluding hydrogens is 254 g/mol. The van der Waals surface area contributed by atoms with Crippen molar-refractivity contribution in [3.63, 3.8) is 0 Å². The molecule has 1 aliphatic carbocycles. The van der Waals surface area contributed by atoms with E-state index in [2.05, 4.69) is 4.72 Å². The number of nitrogens with one attached hydrogen (secondary N) is 1. The van der Waals surface area contributed by atoms with E-state index < -0.39 is 21.1 Å². The molecule has 0 aromatic heterocycles. The first kappa shape index (κ1) is 14.2. The summed E-state index contributed by atoms with van der Waals surface area (Å²) in [5.74, 6) is -0.424. The Hall–Kier alpha value is -0.170. The van der Waals surface area contributed by atoms with E-state index in [9.17, 15) is 8.42 Å². The van der Waals surface area contributed by atoms with E-state index in [0.29, 0.717) is 13.2 Å². The summed E-state index contributed by atoms with van der Waals surface area (Å²) < 4.78 is 37.6. The lowest BCUT2D eigenvalue weighted by Gasteiger charge is -2.31. The lowest BCUT2D eigenvalue weighted by Crippen LogP contribution is -2.39. The Labute approximate surface area is 109 Å². The standard InChI is InChI=1S/C12H23NO4S/c1-10(2)18(14,15)13-8-11-9-16-12(17-11)6-4-3-5-7-12/h10-11,13H,3-9H2,1-2H3/t11-/m1/s1. The lowest BCUT2D eigenvalue weighted by atomic mass is 9.94. The molecule has 1 spiro atoms. The highest BCUT2D eigenvalue weighted by atomic mass is 32.2. The van der Waals surface area contributed by atoms with Gasteiger partial charge in [0.15, 0.2) is 5.79 Å². The van der Waals surface area contributed by atoms with Gasteiger partial charge >= 0.3 is 0 Å². The van der Waals surface area contributed by atoms with Crippen LogP contribution in [0, 0.1) is 0 Å². The quantitative estimate of drug-likeness (QED) is 0.843. The molecule has 0 aromatic rings. The van der Waals surface area contributed by atoms with Gasteiger partial charge in [-0.25, -0.2) is 13.1 Å². The van der Waals surface area contributed by atoms with Gasteiger partial charge in [-0.2, -0.15) is 0 Å². The predicted octanol–water partition coefficient (Wildman–Crippen LogP) is 1.39. The minimum atomic E-state index is -3.21. The van der Waals surface area contributed by atoms with E-state index in [4.69, 9.17) is 9.47 Å². The average Bonchev–Trinajstić information content (AvgIpc) is 2.71. The zero-order valence-electron chi connectivity index (χ0n) is 11.1. The fraction of sp³-hybridized carbons (Fsp3) is 1.00. The van der Waals surface area contributed by atoms with E-state index in [0.717, 1.165) is 25.7 Å². The van der Waals surface area contributed by atoms with Crippen molar-refractivity contribution in [1.29, 1.82) is 0 Å². The molecule has 2 fully saturated rings. The molecule has 1 saturated carbocycles. The molecule has 0 aromatic carbocycles. The predicted molar refractivity (Wildman–Crippen MR) is 68.7 cm³/mol. The molecular formula is C12H23NO4S. The molecule has 1 aliphatic heterocycles. The topological polar surface area (TPSA) is 64.6 Å². The first-order chi connectivity index (χ1) is 8.44. The Morgan fingerprint density at radius 1 is 1.28 bits per heavy atom. The van der Waals surface area contributed by atoms with Gasteiger partial charge < -0.3 is 9.47 Å². The largest absolute Gasteiger partial charge is 0.347 e. The molecule has 1 N–H and O–H groups in total. The Morgan fingerprint density at radius 2 is 1.94 bits per heavy atom. The van der Waals surface area contributed by atoms with Crippen molar-refractivity contribution in [3.8, 4) is 0 Å². The Kier molecular flexibility index (Phi) is 4.31. The number of rotatable bonds is 4. The minimum Gasteiger partial charge on any atom is -0.347 e. The normalized spacial score (nSPS) is 28.1. The van der Waals surface area contributed by atoms with Gasteiger partial charge in [-0.15, -0.1) is 0 Å². The molecule has 6 heteroatoms. The second-order valence-corrected chi connectivity index (χ2v) is 7.79. The van der Waals surface area contributed by atoms with Crippen molar-refractivity contribution < 1.29 is 17.9 Å². The molecule has 0 amide bonds. The molecule has 1 heterocycles. The van der Waals surface area contributed by atoms with Crippen molar-refractivity contribution in [2.24, 2.45) is 0 Å². The smallest absolute Gasteiger partial charge is 0.214 e. The maximum atomic E-state index is 11.6. The zero-order chi connectivity index (χ0) is 13.2. The van der Waals surface area contributed by atoms with Crippen LogP contribution in [0.5, 0.6) is 0 Å². The van der Waals surface area contributed by atoms with E-state index in [1.165, 1.54) is 6.42 Å². The van der Waals surface area contributed by atoms with Crippen LogP contribution in [-0.4, -0.2) is 38.7 Å². The van der Waals surface area contributed by atoms with Crippen molar-refractivity contribution >= 4 is 10.0 Å². The second-order valence-electron chi connectivity index (χ2n) is 5.46. The van der Waals surface area contributed by atoms with E-state index in [1.54, 1.807) is 13.8 Å². The van der Waals surface area contributed by atoms with Crippen LogP contribution >= 0.6 is 0 Å². The third-order valence-electron chi connectivity index (χ3n) is 3.66. The van der Waals surface area contributed by atoms with Gasteiger partial charge in [-0.05, 0) is 26.7 Å². The second kappa shape index (κ2) is 5.45. The van der Waals surface area contributed by atoms with E-state index >= 15 is 0 Å². The van der Waals surface area contributed by atoms with Crippen LogP contribution in [0.3, 0.4) is 0 Å². The van der Waals surface area contributed by atoms with Gasteiger partial charge in [0.2, 0.25) is 10.0 Å². The fourth-order valence-corrected chi connectivity index (χ4v) is 3.20. The molecule has 5 nitrogen and oxygen atoms in total. The molecule has 2 aliphatic rings. The summed E-state index contributed by atoms with van der Waals surface area (Å²) in [6, 6.07) is 0. The van der Waals surface area contributed by atoms with Crippen LogP contribution < -0.4 is 4.72 Å². The highest BCUT2D eigenvalue weighted by Crippen LogP contribution is 2.37. The fourth-order valence-electron chi connectivity index (χ4n) is 2.45. The van der Waals surface area contributed by atoms with Crippen molar-refractivity contribution in [2.45, 2.75) is 63.1 Å². The molecule has 2 rings (SSSR count). The Balaban J connectivity index is 1.83. The van der Waals surface area contributed by atoms with Gasteiger partial charge in [0.05, 0.1) is 18.0 Å². The molecule has 0 radical (unpaired) electrons. The molecule has 18 heavy (non-hydrogen) atoms. The van der Waals surface area contributed by atoms with E-state index in [-0.39, 0.29) is 6.10 Å². The molecule has 0 unspecified atom stereocenters. The maximum Gasteiger partial charge on any atom is 0.214 e. The maximum absolute atomic E-state index is 11.6. The van der Waals surface area contributed by atoms with Crippen LogP contribution in [0.15, 0.2) is 0 Å². The number of ether oxygens (including phenoxy) is 2. The van der Waals surface area contributed by atoms with Gasteiger partial charge in [0, 0.05) is 19.4 Å². The third kappa shape index (κ3) is 3.23. The van der Waals surface area contributed by atoms with Crippen LogP contribution in [0.1, 0.15) is 46.0 Å². The molecule has 1 saturated heterocycles. The number of hydrogen-bond donors (Lipinski definition) is 1. The van der Waals surface area contributed by atoms with Gasteiger partial charge in [-0.1, -0.05) is 6.42 Å². The Morgan fingerprint density at radius 3 is 2.56 bits per heavy atom. The summed E-state index contributed by atoms with van der Waals surface area (Å²) in [7, 11) is -3.21. The summed E-state index contributed by atoms with van der Waals surface area (Å²) in [6.07, 6.45) is 5.20. The summed E-state index contributed by atoms with van der Waals surface area (Å²) in [6.45, 7) is 4.12. The number of hydrogen-bond acceptors (Lipinski definition) is 4. The van der Waals surface area contributed by atoms with Crippen LogP contribution in [-0.2, 0) is 19.5 Å². The van der Waals surface area contributed by atoms with Crippen LogP contribution in [0.25, 0.3) is 0 Å². The molecule has 1 atom stereocenters. The highest BCUT2D eigenvalue weighted by Gasteiger charge is 2.42. The van der Waals surface area contributed by atoms with Gasteiger partial charge in [0.25, 0.3) is 0 Å². The lowest BCUT2D eigenvalue weighted by molar-refractivity contribution is -0.186. The SMILES string of the molecule is CC(C)S(=O)(=O)NC[C@@H]1COC2(CCCCC2)O1. The van der Waals surface area contributed by atoms with Crippen molar-refractivity contribution in [2.75, 3.05) is 13.2 Å². The summed E-state index contributed by atoms with van der Waals surface area (Å²) in [5.41, 5.74) is 0. The molecule has 0 bridgehead atoms. The van der Waals surface area contributed by atoms with Crippen LogP contribution in [0.2, 0.25) is 0 Å².